The number of allylic oxidation sites excluding steroid dienone is 1. The highest BCUT2D eigenvalue weighted by Gasteiger charge is 2.58. The number of carbonyl (C=O) groups excluding carboxylic acids is 1. The van der Waals surface area contributed by atoms with Crippen LogP contribution in [0.4, 0.5) is 4.79 Å². The van der Waals surface area contributed by atoms with Crippen LogP contribution in [-0.4, -0.2) is 12.2 Å². The highest BCUT2D eigenvalue weighted by molar-refractivity contribution is 5.64. The van der Waals surface area contributed by atoms with E-state index in [0.717, 1.165) is 42.9 Å². The minimum Gasteiger partial charge on any atom is -0.446 e. The third-order valence-electron chi connectivity index (χ3n) is 10.4. The molecule has 4 rings (SSSR count). The van der Waals surface area contributed by atoms with Gasteiger partial charge in [0.15, 0.2) is 0 Å². The van der Waals surface area contributed by atoms with Gasteiger partial charge in [0.1, 0.15) is 6.10 Å². The maximum atomic E-state index is 11.2. The van der Waals surface area contributed by atoms with Crippen LogP contribution in [0.2, 0.25) is 0 Å². The van der Waals surface area contributed by atoms with E-state index in [1.807, 2.05) is 0 Å². The minimum absolute atomic E-state index is 0.00424. The molecule has 0 saturated heterocycles. The predicted octanol–water partition coefficient (Wildman–Crippen LogP) is 7.78. The molecule has 4 unspecified atom stereocenters. The monoisotopic (exact) mass is 429 g/mol. The van der Waals surface area contributed by atoms with E-state index in [-0.39, 0.29) is 6.10 Å². The van der Waals surface area contributed by atoms with Gasteiger partial charge in [-0.1, -0.05) is 70.9 Å². The van der Waals surface area contributed by atoms with Crippen molar-refractivity contribution in [3.8, 4) is 0 Å². The number of fused-ring (bicyclic) bond motifs is 5. The predicted molar refractivity (Wildman–Crippen MR) is 128 cm³/mol. The summed E-state index contributed by atoms with van der Waals surface area (Å²) in [5.41, 5.74) is 7.77. The summed E-state index contributed by atoms with van der Waals surface area (Å²) in [6.07, 6.45) is 22.0. The fraction of sp³-hybridized carbons (Fsp3) is 0.893. The molecule has 7 atom stereocenters. The molecule has 3 nitrogen and oxygen atoms in total. The molecular weight excluding hydrogens is 382 g/mol. The van der Waals surface area contributed by atoms with Crippen LogP contribution in [0.1, 0.15) is 117 Å². The van der Waals surface area contributed by atoms with E-state index in [4.69, 9.17) is 10.5 Å². The van der Waals surface area contributed by atoms with Gasteiger partial charge in [-0.2, -0.15) is 0 Å². The van der Waals surface area contributed by atoms with E-state index >= 15 is 0 Å². The highest BCUT2D eigenvalue weighted by atomic mass is 16.6. The van der Waals surface area contributed by atoms with Crippen molar-refractivity contribution in [3.05, 3.63) is 11.6 Å². The number of unbranched alkanes of at least 4 members (excludes halogenated alkanes) is 5. The lowest BCUT2D eigenvalue weighted by Crippen LogP contribution is -2.50. The van der Waals surface area contributed by atoms with Crippen molar-refractivity contribution in [3.63, 3.8) is 0 Å². The molecule has 31 heavy (non-hydrogen) atoms. The Kier molecular flexibility index (Phi) is 7.08. The summed E-state index contributed by atoms with van der Waals surface area (Å²) >= 11 is 0. The van der Waals surface area contributed by atoms with Crippen molar-refractivity contribution in [1.82, 2.24) is 0 Å². The third-order valence-corrected chi connectivity index (χ3v) is 10.4. The van der Waals surface area contributed by atoms with Crippen LogP contribution in [0.5, 0.6) is 0 Å². The zero-order valence-electron chi connectivity index (χ0n) is 20.5. The first-order chi connectivity index (χ1) is 14.9. The Morgan fingerprint density at radius 1 is 1.03 bits per heavy atom. The van der Waals surface area contributed by atoms with Gasteiger partial charge in [-0.25, -0.2) is 4.79 Å². The van der Waals surface area contributed by atoms with Crippen LogP contribution in [-0.2, 0) is 4.74 Å². The molecule has 3 heteroatoms. The number of primary amides is 1. The van der Waals surface area contributed by atoms with E-state index in [1.165, 1.54) is 77.0 Å². The maximum Gasteiger partial charge on any atom is 0.404 e. The van der Waals surface area contributed by atoms with Crippen molar-refractivity contribution in [2.24, 2.45) is 40.2 Å². The normalized spacial score (nSPS) is 41.6. The molecule has 176 valence electrons. The molecular formula is C28H47NO2. The number of ether oxygens (including phenoxy) is 1. The number of hydrogen-bond donors (Lipinski definition) is 1. The summed E-state index contributed by atoms with van der Waals surface area (Å²) in [7, 11) is 0. The Balaban J connectivity index is 1.39. The Morgan fingerprint density at radius 2 is 1.81 bits per heavy atom. The van der Waals surface area contributed by atoms with E-state index in [9.17, 15) is 4.79 Å². The van der Waals surface area contributed by atoms with Gasteiger partial charge in [0.25, 0.3) is 0 Å². The van der Waals surface area contributed by atoms with Crippen LogP contribution < -0.4 is 5.73 Å². The van der Waals surface area contributed by atoms with Gasteiger partial charge in [-0.15, -0.1) is 0 Å². The lowest BCUT2D eigenvalue weighted by molar-refractivity contribution is -0.0515. The fourth-order valence-electron chi connectivity index (χ4n) is 8.65. The molecule has 0 radical (unpaired) electrons. The van der Waals surface area contributed by atoms with Crippen LogP contribution >= 0.6 is 0 Å². The quantitative estimate of drug-likeness (QED) is 0.316. The van der Waals surface area contributed by atoms with Crippen LogP contribution in [0.15, 0.2) is 11.6 Å². The molecule has 3 fully saturated rings. The first kappa shape index (κ1) is 23.2. The zero-order valence-corrected chi connectivity index (χ0v) is 20.5. The molecule has 0 aliphatic heterocycles. The zero-order chi connectivity index (χ0) is 22.1. The van der Waals surface area contributed by atoms with E-state index < -0.39 is 6.09 Å². The van der Waals surface area contributed by atoms with Gasteiger partial charge in [0.05, 0.1) is 0 Å². The lowest BCUT2D eigenvalue weighted by Gasteiger charge is -2.58. The van der Waals surface area contributed by atoms with E-state index in [1.54, 1.807) is 5.57 Å². The number of amides is 1. The van der Waals surface area contributed by atoms with Crippen LogP contribution in [0.25, 0.3) is 0 Å². The molecule has 0 aromatic heterocycles. The third kappa shape index (κ3) is 4.44. The first-order valence-electron chi connectivity index (χ1n) is 13.5. The average molecular weight is 430 g/mol. The van der Waals surface area contributed by atoms with Gasteiger partial charge in [-0.3, -0.25) is 0 Å². The Morgan fingerprint density at radius 3 is 2.58 bits per heavy atom. The summed E-state index contributed by atoms with van der Waals surface area (Å²) in [4.78, 5) is 11.2. The van der Waals surface area contributed by atoms with Crippen molar-refractivity contribution < 1.29 is 9.53 Å². The molecule has 0 heterocycles. The van der Waals surface area contributed by atoms with Gasteiger partial charge in [0.2, 0.25) is 0 Å². The van der Waals surface area contributed by atoms with Crippen molar-refractivity contribution in [2.75, 3.05) is 0 Å². The van der Waals surface area contributed by atoms with E-state index in [2.05, 4.69) is 26.8 Å². The van der Waals surface area contributed by atoms with Gasteiger partial charge < -0.3 is 10.5 Å². The van der Waals surface area contributed by atoms with Crippen molar-refractivity contribution in [2.45, 2.75) is 123 Å². The van der Waals surface area contributed by atoms with Gasteiger partial charge in [-0.05, 0) is 85.9 Å². The van der Waals surface area contributed by atoms with Crippen molar-refractivity contribution in [1.29, 1.82) is 0 Å². The number of rotatable bonds is 8. The van der Waals surface area contributed by atoms with Crippen LogP contribution in [0.3, 0.4) is 0 Å². The first-order valence-corrected chi connectivity index (χ1v) is 13.5. The lowest BCUT2D eigenvalue weighted by atomic mass is 9.47. The fourth-order valence-corrected chi connectivity index (χ4v) is 8.65. The number of nitrogens with two attached hydrogens (primary N) is 1. The standard InChI is InChI=1S/C28H47NO2/c1-4-5-6-7-8-9-10-20-12-14-24-23-13-11-21-19-22(31-26(29)30)15-17-28(21,3)25(23)16-18-27(20,24)2/h11,20,22-25H,4-10,12-19H2,1-3H3,(H2,29,30)/t20-,22?,23?,24?,25?,27+,28-/m0/s1. The van der Waals surface area contributed by atoms with Gasteiger partial charge in [0, 0.05) is 6.42 Å². The Hall–Kier alpha value is -0.990. The second-order valence-corrected chi connectivity index (χ2v) is 11.9. The molecule has 0 aromatic carbocycles. The summed E-state index contributed by atoms with van der Waals surface area (Å²) in [5.74, 6) is 3.58. The second-order valence-electron chi connectivity index (χ2n) is 11.9. The molecule has 2 N–H and O–H groups in total. The smallest absolute Gasteiger partial charge is 0.404 e. The Bertz CT molecular complexity index is 672. The minimum atomic E-state index is -0.612. The molecule has 0 spiro atoms. The summed E-state index contributed by atoms with van der Waals surface area (Å²) in [6.45, 7) is 7.50. The largest absolute Gasteiger partial charge is 0.446 e. The van der Waals surface area contributed by atoms with Crippen LogP contribution in [0, 0.1) is 34.5 Å². The summed E-state index contributed by atoms with van der Waals surface area (Å²) < 4.78 is 5.39. The molecule has 0 aromatic rings. The molecule has 3 saturated carbocycles. The van der Waals surface area contributed by atoms with Crippen molar-refractivity contribution >= 4 is 6.09 Å². The average Bonchev–Trinajstić information content (AvgIpc) is 3.07. The molecule has 0 bridgehead atoms. The highest BCUT2D eigenvalue weighted by Crippen LogP contribution is 2.66. The molecule has 4 aliphatic rings. The number of hydrogen-bond acceptors (Lipinski definition) is 2. The second kappa shape index (κ2) is 9.48. The summed E-state index contributed by atoms with van der Waals surface area (Å²) in [5, 5.41) is 0. The topological polar surface area (TPSA) is 52.3 Å². The SMILES string of the molecule is CCCCCCCC[C@H]1CCC2C3CC=C4CC(OC(N)=O)CC[C@]4(C)C3CC[C@@]21C. The molecule has 1 amide bonds. The number of carbonyl (C=O) groups is 1. The summed E-state index contributed by atoms with van der Waals surface area (Å²) in [6, 6.07) is 0. The maximum absolute atomic E-state index is 11.2. The van der Waals surface area contributed by atoms with E-state index in [0.29, 0.717) is 10.8 Å². The van der Waals surface area contributed by atoms with Gasteiger partial charge >= 0.3 is 6.09 Å². The Labute approximate surface area is 190 Å². The molecule has 4 aliphatic carbocycles.